The molecule has 0 unspecified atom stereocenters. The van der Waals surface area contributed by atoms with E-state index in [1.165, 1.54) is 24.3 Å². The van der Waals surface area contributed by atoms with Crippen molar-refractivity contribution in [3.05, 3.63) is 59.4 Å². The number of benzene rings is 1. The van der Waals surface area contributed by atoms with E-state index in [0.29, 0.717) is 42.3 Å². The van der Waals surface area contributed by atoms with E-state index >= 15 is 0 Å². The number of aromatic nitrogens is 1. The minimum atomic E-state index is -3.57. The Kier molecular flexibility index (Phi) is 10.3. The van der Waals surface area contributed by atoms with E-state index in [-0.39, 0.29) is 28.6 Å². The van der Waals surface area contributed by atoms with Gasteiger partial charge in [0.1, 0.15) is 17.6 Å². The molecular formula is C23H28N6O5S2. The summed E-state index contributed by atoms with van der Waals surface area (Å²) in [7, 11) is -5.40. The van der Waals surface area contributed by atoms with Gasteiger partial charge in [0.25, 0.3) is 0 Å². The quantitative estimate of drug-likeness (QED) is 0.270. The number of sulfone groups is 2. The lowest BCUT2D eigenvalue weighted by Crippen LogP contribution is -2.16. The van der Waals surface area contributed by atoms with E-state index < -0.39 is 19.7 Å². The van der Waals surface area contributed by atoms with Crippen LogP contribution in [0.25, 0.3) is 0 Å². The highest BCUT2D eigenvalue weighted by atomic mass is 32.2. The second-order valence-electron chi connectivity index (χ2n) is 7.41. The lowest BCUT2D eigenvalue weighted by atomic mass is 10.1. The Morgan fingerprint density at radius 2 is 1.72 bits per heavy atom. The van der Waals surface area contributed by atoms with Gasteiger partial charge in [0, 0.05) is 43.2 Å². The van der Waals surface area contributed by atoms with Gasteiger partial charge < -0.3 is 15.4 Å². The van der Waals surface area contributed by atoms with Crippen LogP contribution in [0.4, 0.5) is 23.0 Å². The van der Waals surface area contributed by atoms with E-state index in [4.69, 9.17) is 4.74 Å². The first-order chi connectivity index (χ1) is 17.1. The van der Waals surface area contributed by atoms with E-state index in [9.17, 15) is 22.1 Å². The molecule has 0 fully saturated rings. The van der Waals surface area contributed by atoms with Gasteiger partial charge in [-0.25, -0.2) is 21.8 Å². The van der Waals surface area contributed by atoms with E-state index in [0.717, 1.165) is 10.8 Å². The molecule has 192 valence electrons. The molecule has 0 spiro atoms. The molecular weight excluding hydrogens is 504 g/mol. The fraction of sp³-hybridized carbons (Fsp3) is 0.304. The van der Waals surface area contributed by atoms with Crippen LogP contribution < -0.4 is 10.6 Å². The summed E-state index contributed by atoms with van der Waals surface area (Å²) in [6.07, 6.45) is 0.674. The highest BCUT2D eigenvalue weighted by Crippen LogP contribution is 2.35. The Bertz CT molecular complexity index is 1380. The third-order valence-electron chi connectivity index (χ3n) is 4.93. The second-order valence-corrected chi connectivity index (χ2v) is 11.4. The van der Waals surface area contributed by atoms with Crippen LogP contribution in [-0.2, 0) is 24.4 Å². The monoisotopic (exact) mass is 532 g/mol. The smallest absolute Gasteiger partial charge is 0.199 e. The van der Waals surface area contributed by atoms with Crippen molar-refractivity contribution >= 4 is 42.7 Å². The fourth-order valence-electron chi connectivity index (χ4n) is 2.93. The number of ether oxygens (including phenoxy) is 1. The van der Waals surface area contributed by atoms with Crippen LogP contribution >= 0.6 is 0 Å². The Balaban J connectivity index is 2.43. The van der Waals surface area contributed by atoms with Crippen molar-refractivity contribution in [2.45, 2.75) is 18.2 Å². The van der Waals surface area contributed by atoms with Gasteiger partial charge in [-0.1, -0.05) is 13.2 Å². The summed E-state index contributed by atoms with van der Waals surface area (Å²) in [6.45, 7) is 9.31. The third-order valence-corrected chi connectivity index (χ3v) is 7.58. The highest BCUT2D eigenvalue weighted by Gasteiger charge is 2.18. The lowest BCUT2D eigenvalue weighted by molar-refractivity contribution is 0.198. The summed E-state index contributed by atoms with van der Waals surface area (Å²) >= 11 is 0. The number of nitrogens with zero attached hydrogens (tertiary/aromatic N) is 4. The van der Waals surface area contributed by atoms with Gasteiger partial charge in [-0.2, -0.15) is 10.4 Å². The Morgan fingerprint density at radius 3 is 2.31 bits per heavy atom. The summed E-state index contributed by atoms with van der Waals surface area (Å²) in [4.78, 5) is 4.55. The van der Waals surface area contributed by atoms with Gasteiger partial charge in [0.15, 0.2) is 25.5 Å². The number of nitriles is 1. The first-order valence-corrected chi connectivity index (χ1v) is 14.0. The number of pyridine rings is 1. The first kappa shape index (κ1) is 28.6. The number of nitrogens with one attached hydrogen (secondary N) is 2. The highest BCUT2D eigenvalue weighted by molar-refractivity contribution is 7.94. The third kappa shape index (κ3) is 7.70. The molecule has 0 saturated carbocycles. The minimum absolute atomic E-state index is 0.0272. The van der Waals surface area contributed by atoms with Gasteiger partial charge >= 0.3 is 0 Å². The molecule has 0 bridgehead atoms. The molecule has 2 aromatic rings. The average molecular weight is 533 g/mol. The SMILES string of the molecule is C=CS(=O)(=O)CCNc1nc(NCCCOC)c(/N=N/c2ccc(S(=O)(=O)C=C)cc2)c(C)c1C#N. The lowest BCUT2D eigenvalue weighted by Gasteiger charge is -2.15. The van der Waals surface area contributed by atoms with Crippen molar-refractivity contribution in [2.75, 3.05) is 43.2 Å². The van der Waals surface area contributed by atoms with Crippen LogP contribution in [0.3, 0.4) is 0 Å². The molecule has 1 aromatic carbocycles. The van der Waals surface area contributed by atoms with Crippen LogP contribution in [0.1, 0.15) is 17.5 Å². The Hall–Kier alpha value is -3.60. The van der Waals surface area contributed by atoms with E-state index in [1.807, 2.05) is 0 Å². The first-order valence-electron chi connectivity index (χ1n) is 10.7. The van der Waals surface area contributed by atoms with Crippen molar-refractivity contribution in [3.8, 4) is 6.07 Å². The van der Waals surface area contributed by atoms with Crippen molar-refractivity contribution in [3.63, 3.8) is 0 Å². The predicted molar refractivity (Wildman–Crippen MR) is 139 cm³/mol. The summed E-state index contributed by atoms with van der Waals surface area (Å²) in [5.41, 5.74) is 1.37. The van der Waals surface area contributed by atoms with Crippen LogP contribution in [-0.4, -0.2) is 54.4 Å². The van der Waals surface area contributed by atoms with Crippen molar-refractivity contribution in [2.24, 2.45) is 10.2 Å². The molecule has 36 heavy (non-hydrogen) atoms. The zero-order chi connectivity index (χ0) is 26.8. The summed E-state index contributed by atoms with van der Waals surface area (Å²) < 4.78 is 52.3. The topological polar surface area (TPSA) is 163 Å². The molecule has 0 radical (unpaired) electrons. The van der Waals surface area contributed by atoms with E-state index in [2.05, 4.69) is 45.1 Å². The van der Waals surface area contributed by atoms with Gasteiger partial charge in [0.2, 0.25) is 0 Å². The number of hydrogen-bond acceptors (Lipinski definition) is 11. The zero-order valence-corrected chi connectivity index (χ0v) is 21.7. The number of rotatable bonds is 14. The normalized spacial score (nSPS) is 11.7. The number of anilines is 2. The number of methoxy groups -OCH3 is 1. The molecule has 0 atom stereocenters. The van der Waals surface area contributed by atoms with Crippen molar-refractivity contribution in [1.82, 2.24) is 4.98 Å². The molecule has 1 aromatic heterocycles. The van der Waals surface area contributed by atoms with Crippen molar-refractivity contribution < 1.29 is 21.6 Å². The molecule has 0 aliphatic rings. The molecule has 13 heteroatoms. The molecule has 0 amide bonds. The average Bonchev–Trinajstić information content (AvgIpc) is 2.86. The van der Waals surface area contributed by atoms with Gasteiger partial charge in [-0.3, -0.25) is 0 Å². The van der Waals surface area contributed by atoms with Gasteiger partial charge in [0.05, 0.1) is 21.9 Å². The van der Waals surface area contributed by atoms with Crippen LogP contribution in [0.5, 0.6) is 0 Å². The summed E-state index contributed by atoms with van der Waals surface area (Å²) in [6, 6.07) is 7.86. The van der Waals surface area contributed by atoms with Crippen LogP contribution in [0.15, 0.2) is 63.4 Å². The number of hydrogen-bond donors (Lipinski definition) is 2. The minimum Gasteiger partial charge on any atom is -0.385 e. The molecule has 11 nitrogen and oxygen atoms in total. The summed E-state index contributed by atoms with van der Waals surface area (Å²) in [5, 5.41) is 26.0. The molecule has 0 aliphatic carbocycles. The zero-order valence-electron chi connectivity index (χ0n) is 20.1. The molecule has 2 rings (SSSR count). The standard InChI is InChI=1S/C23H28N6O5S2/c1-5-35(30,31)15-13-26-22-20(16-24)17(3)21(23(27-22)25-12-7-14-34-4)29-28-18-8-10-19(11-9-18)36(32,33)6-2/h5-6,8-11H,1-2,7,12-15H2,3-4H3,(H2,25,26,27)/b29-28+. The predicted octanol–water partition coefficient (Wildman–Crippen LogP) is 4.01. The van der Waals surface area contributed by atoms with Crippen LogP contribution in [0, 0.1) is 18.3 Å². The number of azo groups is 1. The Labute approximate surface area is 211 Å². The maximum absolute atomic E-state index is 11.9. The van der Waals surface area contributed by atoms with Crippen molar-refractivity contribution in [1.29, 1.82) is 5.26 Å². The van der Waals surface area contributed by atoms with Gasteiger partial charge in [-0.15, -0.1) is 5.11 Å². The molecule has 0 saturated heterocycles. The van der Waals surface area contributed by atoms with E-state index in [1.54, 1.807) is 14.0 Å². The summed E-state index contributed by atoms with van der Waals surface area (Å²) in [5.74, 6) is 0.338. The van der Waals surface area contributed by atoms with Gasteiger partial charge in [-0.05, 0) is 37.6 Å². The Morgan fingerprint density at radius 1 is 1.06 bits per heavy atom. The largest absolute Gasteiger partial charge is 0.385 e. The maximum Gasteiger partial charge on any atom is 0.199 e. The molecule has 1 heterocycles. The fourth-order valence-corrected chi connectivity index (χ4v) is 4.19. The molecule has 2 N–H and O–H groups in total. The van der Waals surface area contributed by atoms with Crippen LogP contribution in [0.2, 0.25) is 0 Å². The molecule has 0 aliphatic heterocycles. The second kappa shape index (κ2) is 12.9. The maximum atomic E-state index is 11.9.